The van der Waals surface area contributed by atoms with Gasteiger partial charge in [-0.05, 0) is 26.8 Å². The quantitative estimate of drug-likeness (QED) is 0.549. The summed E-state index contributed by atoms with van der Waals surface area (Å²) in [5.74, 6) is 1.02. The van der Waals surface area contributed by atoms with Crippen LogP contribution < -0.4 is 5.32 Å². The van der Waals surface area contributed by atoms with E-state index in [0.29, 0.717) is 0 Å². The Morgan fingerprint density at radius 1 is 1.60 bits per heavy atom. The van der Waals surface area contributed by atoms with Crippen molar-refractivity contribution in [2.24, 2.45) is 0 Å². The first kappa shape index (κ1) is 7.61. The van der Waals surface area contributed by atoms with Crippen LogP contribution in [-0.4, -0.2) is 18.7 Å². The molecule has 0 aromatic heterocycles. The van der Waals surface area contributed by atoms with Crippen LogP contribution in [0.3, 0.4) is 0 Å². The van der Waals surface area contributed by atoms with Gasteiger partial charge >= 0.3 is 0 Å². The van der Waals surface area contributed by atoms with Crippen molar-refractivity contribution in [3.8, 4) is 0 Å². The summed E-state index contributed by atoms with van der Waals surface area (Å²) in [7, 11) is 0. The fourth-order valence-electron chi connectivity index (χ4n) is 1.19. The number of rotatable bonds is 0. The summed E-state index contributed by atoms with van der Waals surface area (Å²) in [6.07, 6.45) is 2.11. The van der Waals surface area contributed by atoms with Crippen molar-refractivity contribution in [2.45, 2.75) is 26.3 Å². The van der Waals surface area contributed by atoms with Gasteiger partial charge in [-0.3, -0.25) is 0 Å². The Bertz CT molecular complexity index is 149. The fourth-order valence-corrected chi connectivity index (χ4v) is 1.19. The first-order valence-electron chi connectivity index (χ1n) is 3.67. The summed E-state index contributed by atoms with van der Waals surface area (Å²) >= 11 is 0. The van der Waals surface area contributed by atoms with Gasteiger partial charge in [0.1, 0.15) is 6.61 Å². The first-order valence-corrected chi connectivity index (χ1v) is 3.67. The Hall–Kier alpha value is -0.500. The highest BCUT2D eigenvalue weighted by atomic mass is 16.5. The van der Waals surface area contributed by atoms with Gasteiger partial charge in [0.15, 0.2) is 0 Å². The third-order valence-corrected chi connectivity index (χ3v) is 1.58. The topological polar surface area (TPSA) is 21.3 Å². The van der Waals surface area contributed by atoms with E-state index in [1.807, 2.05) is 6.92 Å². The number of ether oxygens (including phenoxy) is 1. The lowest BCUT2D eigenvalue weighted by Crippen LogP contribution is -2.37. The van der Waals surface area contributed by atoms with Crippen molar-refractivity contribution in [3.05, 3.63) is 11.8 Å². The van der Waals surface area contributed by atoms with Crippen LogP contribution >= 0.6 is 0 Å². The minimum absolute atomic E-state index is 0.0978. The van der Waals surface area contributed by atoms with Crippen molar-refractivity contribution < 1.29 is 4.74 Å². The van der Waals surface area contributed by atoms with Gasteiger partial charge in [-0.2, -0.15) is 0 Å². The summed E-state index contributed by atoms with van der Waals surface area (Å²) in [6, 6.07) is 0. The largest absolute Gasteiger partial charge is 0.497 e. The van der Waals surface area contributed by atoms with Crippen molar-refractivity contribution in [2.75, 3.05) is 13.2 Å². The molecule has 1 aliphatic heterocycles. The number of hydrogen-bond donors (Lipinski definition) is 1. The number of hydrogen-bond acceptors (Lipinski definition) is 2. The lowest BCUT2D eigenvalue weighted by molar-refractivity contribution is 0.221. The zero-order chi connectivity index (χ0) is 7.61. The number of nitrogens with one attached hydrogen (secondary N) is 1. The predicted octanol–water partition coefficient (Wildman–Crippen LogP) is 1.29. The molecule has 1 N–H and O–H groups in total. The van der Waals surface area contributed by atoms with Crippen LogP contribution in [0, 0.1) is 0 Å². The van der Waals surface area contributed by atoms with Crippen LogP contribution in [0.2, 0.25) is 0 Å². The standard InChI is InChI=1S/C8H15NO/c1-7-6-8(2,3)9-4-5-10-7/h6,9H,4-5H2,1-3H3. The van der Waals surface area contributed by atoms with E-state index >= 15 is 0 Å². The highest BCUT2D eigenvalue weighted by Gasteiger charge is 2.16. The minimum atomic E-state index is 0.0978. The Balaban J connectivity index is 2.67. The van der Waals surface area contributed by atoms with Gasteiger partial charge in [-0.25, -0.2) is 0 Å². The first-order chi connectivity index (χ1) is 4.60. The molecule has 0 saturated heterocycles. The molecule has 0 fully saturated rings. The lowest BCUT2D eigenvalue weighted by Gasteiger charge is -2.19. The molecule has 1 heterocycles. The second-order valence-electron chi connectivity index (χ2n) is 3.25. The molecule has 1 rings (SSSR count). The van der Waals surface area contributed by atoms with Crippen LogP contribution in [0.25, 0.3) is 0 Å². The Morgan fingerprint density at radius 3 is 3.00 bits per heavy atom. The maximum Gasteiger partial charge on any atom is 0.100 e. The molecule has 0 bridgehead atoms. The van der Waals surface area contributed by atoms with E-state index in [1.165, 1.54) is 0 Å². The molecule has 2 nitrogen and oxygen atoms in total. The van der Waals surface area contributed by atoms with Gasteiger partial charge in [0.2, 0.25) is 0 Å². The molecular formula is C8H15NO. The molecule has 58 valence electrons. The molecule has 0 spiro atoms. The van der Waals surface area contributed by atoms with E-state index in [-0.39, 0.29) is 5.54 Å². The second-order valence-corrected chi connectivity index (χ2v) is 3.25. The van der Waals surface area contributed by atoms with Gasteiger partial charge in [0.05, 0.1) is 5.76 Å². The summed E-state index contributed by atoms with van der Waals surface area (Å²) in [6.45, 7) is 8.00. The van der Waals surface area contributed by atoms with Crippen molar-refractivity contribution >= 4 is 0 Å². The third-order valence-electron chi connectivity index (χ3n) is 1.58. The molecule has 0 atom stereocenters. The molecular weight excluding hydrogens is 126 g/mol. The van der Waals surface area contributed by atoms with E-state index in [1.54, 1.807) is 0 Å². The average molecular weight is 141 g/mol. The van der Waals surface area contributed by atoms with Crippen molar-refractivity contribution in [1.82, 2.24) is 5.32 Å². The molecule has 0 saturated carbocycles. The van der Waals surface area contributed by atoms with E-state index in [4.69, 9.17) is 4.74 Å². The van der Waals surface area contributed by atoms with Crippen LogP contribution in [0.5, 0.6) is 0 Å². The molecule has 0 aliphatic carbocycles. The molecule has 10 heavy (non-hydrogen) atoms. The zero-order valence-electron chi connectivity index (χ0n) is 6.90. The molecule has 1 aliphatic rings. The third kappa shape index (κ3) is 2.03. The van der Waals surface area contributed by atoms with Crippen molar-refractivity contribution in [1.29, 1.82) is 0 Å². The van der Waals surface area contributed by atoms with Gasteiger partial charge < -0.3 is 10.1 Å². The summed E-state index contributed by atoms with van der Waals surface area (Å²) in [4.78, 5) is 0. The van der Waals surface area contributed by atoms with Crippen LogP contribution in [0.1, 0.15) is 20.8 Å². The van der Waals surface area contributed by atoms with Crippen LogP contribution in [0.15, 0.2) is 11.8 Å². The second kappa shape index (κ2) is 2.62. The molecule has 0 radical (unpaired) electrons. The maximum atomic E-state index is 5.34. The molecule has 2 heteroatoms. The normalized spacial score (nSPS) is 24.5. The van der Waals surface area contributed by atoms with Gasteiger partial charge in [0.25, 0.3) is 0 Å². The minimum Gasteiger partial charge on any atom is -0.497 e. The molecule has 0 aromatic rings. The molecule has 0 aromatic carbocycles. The van der Waals surface area contributed by atoms with E-state index < -0.39 is 0 Å². The summed E-state index contributed by atoms with van der Waals surface area (Å²) < 4.78 is 5.34. The van der Waals surface area contributed by atoms with Crippen LogP contribution in [0.4, 0.5) is 0 Å². The summed E-state index contributed by atoms with van der Waals surface area (Å²) in [5.41, 5.74) is 0.0978. The fraction of sp³-hybridized carbons (Fsp3) is 0.750. The van der Waals surface area contributed by atoms with Crippen molar-refractivity contribution in [3.63, 3.8) is 0 Å². The molecule has 0 unspecified atom stereocenters. The number of allylic oxidation sites excluding steroid dienone is 1. The highest BCUT2D eigenvalue weighted by molar-refractivity contribution is 5.06. The Labute approximate surface area is 62.3 Å². The Kier molecular flexibility index (Phi) is 2.00. The zero-order valence-corrected chi connectivity index (χ0v) is 6.90. The lowest BCUT2D eigenvalue weighted by atomic mass is 10.1. The summed E-state index contributed by atoms with van der Waals surface area (Å²) in [5, 5.41) is 3.35. The monoisotopic (exact) mass is 141 g/mol. The maximum absolute atomic E-state index is 5.34. The van der Waals surface area contributed by atoms with Crippen LogP contribution in [-0.2, 0) is 4.74 Å². The predicted molar refractivity (Wildman–Crippen MR) is 41.8 cm³/mol. The average Bonchev–Trinajstić information content (AvgIpc) is 1.90. The van der Waals surface area contributed by atoms with Gasteiger partial charge in [0, 0.05) is 12.1 Å². The molecule has 0 amide bonds. The highest BCUT2D eigenvalue weighted by Crippen LogP contribution is 2.11. The van der Waals surface area contributed by atoms with E-state index in [0.717, 1.165) is 18.9 Å². The Morgan fingerprint density at radius 2 is 2.30 bits per heavy atom. The van der Waals surface area contributed by atoms with Gasteiger partial charge in [-0.1, -0.05) is 0 Å². The van der Waals surface area contributed by atoms with E-state index in [2.05, 4.69) is 25.2 Å². The van der Waals surface area contributed by atoms with Gasteiger partial charge in [-0.15, -0.1) is 0 Å². The smallest absolute Gasteiger partial charge is 0.100 e. The SMILES string of the molecule is CC1=CC(C)(C)NCCO1. The van der Waals surface area contributed by atoms with E-state index in [9.17, 15) is 0 Å².